The molecule has 6 heteroatoms. The zero-order valence-electron chi connectivity index (χ0n) is 17.2. The number of carbonyl (C=O) groups excluding carboxylic acids is 1. The van der Waals surface area contributed by atoms with Crippen LogP contribution in [0, 0.1) is 6.92 Å². The Morgan fingerprint density at radius 1 is 1.13 bits per heavy atom. The van der Waals surface area contributed by atoms with E-state index in [4.69, 9.17) is 17.3 Å². The number of aromatic nitrogens is 2. The van der Waals surface area contributed by atoms with E-state index < -0.39 is 0 Å². The molecule has 1 amide bonds. The van der Waals surface area contributed by atoms with Crippen molar-refractivity contribution in [2.75, 3.05) is 0 Å². The average molecular weight is 434 g/mol. The topological polar surface area (TPSA) is 38.1 Å². The predicted octanol–water partition coefficient (Wildman–Crippen LogP) is 5.85. The highest BCUT2D eigenvalue weighted by molar-refractivity contribution is 8.26. The van der Waals surface area contributed by atoms with Crippen molar-refractivity contribution in [3.63, 3.8) is 0 Å². The molecule has 4 rings (SSSR count). The minimum absolute atomic E-state index is 0.0262. The fourth-order valence-corrected chi connectivity index (χ4v) is 4.78. The Morgan fingerprint density at radius 2 is 1.83 bits per heavy atom. The van der Waals surface area contributed by atoms with E-state index in [1.165, 1.54) is 17.3 Å². The quantitative estimate of drug-likeness (QED) is 0.374. The summed E-state index contributed by atoms with van der Waals surface area (Å²) in [5, 5.41) is 4.84. The summed E-state index contributed by atoms with van der Waals surface area (Å²) in [4.78, 5) is 15.4. The van der Waals surface area contributed by atoms with E-state index in [-0.39, 0.29) is 11.9 Å². The first-order valence-corrected chi connectivity index (χ1v) is 11.2. The number of carbonyl (C=O) groups is 1. The highest BCUT2D eigenvalue weighted by Gasteiger charge is 2.35. The van der Waals surface area contributed by atoms with Gasteiger partial charge in [0.15, 0.2) is 0 Å². The lowest BCUT2D eigenvalue weighted by Gasteiger charge is -2.21. The van der Waals surface area contributed by atoms with Crippen LogP contribution in [0.5, 0.6) is 0 Å². The van der Waals surface area contributed by atoms with Crippen LogP contribution in [0.25, 0.3) is 23.0 Å². The Kier molecular flexibility index (Phi) is 5.88. The number of nitrogens with zero attached hydrogens (tertiary/aromatic N) is 3. The summed E-state index contributed by atoms with van der Waals surface area (Å²) in [6.07, 6.45) is 4.75. The minimum atomic E-state index is -0.0262. The Morgan fingerprint density at radius 3 is 2.50 bits per heavy atom. The summed E-state index contributed by atoms with van der Waals surface area (Å²) in [6.45, 7) is 6.15. The van der Waals surface area contributed by atoms with Gasteiger partial charge in [-0.3, -0.25) is 9.69 Å². The van der Waals surface area contributed by atoms with Gasteiger partial charge in [0.25, 0.3) is 5.91 Å². The highest BCUT2D eigenvalue weighted by atomic mass is 32.2. The summed E-state index contributed by atoms with van der Waals surface area (Å²) in [5.74, 6) is -0.0262. The van der Waals surface area contributed by atoms with Gasteiger partial charge < -0.3 is 0 Å². The Bertz CT molecular complexity index is 1120. The molecule has 0 saturated carbocycles. The van der Waals surface area contributed by atoms with Crippen LogP contribution in [0.15, 0.2) is 65.7 Å². The number of amides is 1. The van der Waals surface area contributed by atoms with E-state index in [1.807, 2.05) is 54.2 Å². The molecule has 152 valence electrons. The number of aryl methyl sites for hydroxylation is 1. The van der Waals surface area contributed by atoms with E-state index in [0.29, 0.717) is 9.23 Å². The van der Waals surface area contributed by atoms with Crippen LogP contribution in [0.3, 0.4) is 0 Å². The summed E-state index contributed by atoms with van der Waals surface area (Å²) in [7, 11) is 0. The van der Waals surface area contributed by atoms with Crippen molar-refractivity contribution in [1.29, 1.82) is 0 Å². The van der Waals surface area contributed by atoms with Gasteiger partial charge in [-0.15, -0.1) is 0 Å². The second-order valence-corrected chi connectivity index (χ2v) is 9.06. The van der Waals surface area contributed by atoms with Crippen LogP contribution >= 0.6 is 24.0 Å². The first-order chi connectivity index (χ1) is 14.5. The average Bonchev–Trinajstić information content (AvgIpc) is 3.30. The molecule has 1 aliphatic rings. The number of hydrogen-bond acceptors (Lipinski definition) is 4. The number of thioether (sulfide) groups is 1. The van der Waals surface area contributed by atoms with Crippen LogP contribution in [0.4, 0.5) is 0 Å². The predicted molar refractivity (Wildman–Crippen MR) is 129 cm³/mol. The van der Waals surface area contributed by atoms with Crippen LogP contribution in [0.1, 0.15) is 31.4 Å². The van der Waals surface area contributed by atoms with E-state index in [2.05, 4.69) is 38.1 Å². The molecule has 2 heterocycles. The number of rotatable bonds is 5. The second-order valence-electron chi connectivity index (χ2n) is 7.39. The fourth-order valence-electron chi connectivity index (χ4n) is 3.33. The summed E-state index contributed by atoms with van der Waals surface area (Å²) < 4.78 is 2.48. The molecule has 0 radical (unpaired) electrons. The second kappa shape index (κ2) is 8.58. The van der Waals surface area contributed by atoms with E-state index in [1.54, 1.807) is 4.90 Å². The van der Waals surface area contributed by atoms with Gasteiger partial charge in [-0.2, -0.15) is 5.10 Å². The molecule has 0 bridgehead atoms. The zero-order valence-corrected chi connectivity index (χ0v) is 18.8. The zero-order chi connectivity index (χ0) is 21.3. The SMILES string of the molecule is CCC(C)N1C(=O)C(=Cc2cn(-c3ccccc3)nc2-c2ccc(C)cc2)SC1=S. The van der Waals surface area contributed by atoms with Crippen LogP contribution < -0.4 is 0 Å². The number of thiocarbonyl (C=S) groups is 1. The largest absolute Gasteiger partial charge is 0.290 e. The number of hydrogen-bond donors (Lipinski definition) is 0. The van der Waals surface area contributed by atoms with Crippen LogP contribution in [0.2, 0.25) is 0 Å². The molecular weight excluding hydrogens is 410 g/mol. The summed E-state index contributed by atoms with van der Waals surface area (Å²) >= 11 is 6.85. The number of benzene rings is 2. The van der Waals surface area contributed by atoms with Crippen molar-refractivity contribution in [2.24, 2.45) is 0 Å². The summed E-state index contributed by atoms with van der Waals surface area (Å²) in [5.41, 5.74) is 4.91. The lowest BCUT2D eigenvalue weighted by molar-refractivity contribution is -0.123. The Balaban J connectivity index is 1.79. The standard InChI is InChI=1S/C24H23N3OS2/c1-4-17(3)27-23(28)21(30-24(27)29)14-19-15-26(20-8-6-5-7-9-20)25-22(19)18-12-10-16(2)11-13-18/h5-15,17H,4H2,1-3H3. The molecule has 2 aromatic carbocycles. The van der Waals surface area contributed by atoms with Crippen molar-refractivity contribution in [3.8, 4) is 16.9 Å². The Labute approximate surface area is 186 Å². The van der Waals surface area contributed by atoms with Gasteiger partial charge in [-0.05, 0) is 38.5 Å². The monoisotopic (exact) mass is 433 g/mol. The molecule has 0 aliphatic carbocycles. The van der Waals surface area contributed by atoms with Crippen molar-refractivity contribution >= 4 is 40.3 Å². The van der Waals surface area contributed by atoms with Gasteiger partial charge in [0, 0.05) is 23.4 Å². The smallest absolute Gasteiger partial charge is 0.266 e. The molecule has 1 fully saturated rings. The number of para-hydroxylation sites is 1. The first-order valence-electron chi connectivity index (χ1n) is 9.97. The van der Waals surface area contributed by atoms with E-state index in [9.17, 15) is 4.79 Å². The van der Waals surface area contributed by atoms with Crippen molar-refractivity contribution in [1.82, 2.24) is 14.7 Å². The summed E-state index contributed by atoms with van der Waals surface area (Å²) in [6, 6.07) is 18.3. The lowest BCUT2D eigenvalue weighted by Crippen LogP contribution is -2.36. The molecule has 0 N–H and O–H groups in total. The van der Waals surface area contributed by atoms with Gasteiger partial charge in [0.1, 0.15) is 4.32 Å². The molecule has 4 nitrogen and oxygen atoms in total. The van der Waals surface area contributed by atoms with Crippen molar-refractivity contribution in [3.05, 3.63) is 76.8 Å². The molecule has 1 saturated heterocycles. The maximum Gasteiger partial charge on any atom is 0.266 e. The van der Waals surface area contributed by atoms with Crippen LogP contribution in [-0.2, 0) is 4.79 Å². The minimum Gasteiger partial charge on any atom is -0.290 e. The maximum atomic E-state index is 13.0. The van der Waals surface area contributed by atoms with Crippen molar-refractivity contribution < 1.29 is 4.79 Å². The normalized spacial score (nSPS) is 16.5. The third-order valence-electron chi connectivity index (χ3n) is 5.23. The van der Waals surface area contributed by atoms with E-state index in [0.717, 1.165) is 28.9 Å². The maximum absolute atomic E-state index is 13.0. The third kappa shape index (κ3) is 3.98. The molecule has 30 heavy (non-hydrogen) atoms. The van der Waals surface area contributed by atoms with Gasteiger partial charge in [-0.25, -0.2) is 4.68 Å². The molecule has 1 unspecified atom stereocenters. The molecule has 1 aromatic heterocycles. The third-order valence-corrected chi connectivity index (χ3v) is 6.56. The van der Waals surface area contributed by atoms with Gasteiger partial charge in [0.2, 0.25) is 0 Å². The van der Waals surface area contributed by atoms with Crippen molar-refractivity contribution in [2.45, 2.75) is 33.2 Å². The first kappa shape index (κ1) is 20.6. The van der Waals surface area contributed by atoms with Gasteiger partial charge >= 0.3 is 0 Å². The molecule has 1 aliphatic heterocycles. The molecule has 3 aromatic rings. The highest BCUT2D eigenvalue weighted by Crippen LogP contribution is 2.36. The lowest BCUT2D eigenvalue weighted by atomic mass is 10.1. The van der Waals surface area contributed by atoms with Gasteiger partial charge in [-0.1, -0.05) is 78.9 Å². The molecule has 1 atom stereocenters. The Hall–Kier alpha value is -2.70. The van der Waals surface area contributed by atoms with Gasteiger partial charge in [0.05, 0.1) is 16.3 Å². The fraction of sp³-hybridized carbons (Fsp3) is 0.208. The van der Waals surface area contributed by atoms with Crippen LogP contribution in [-0.4, -0.2) is 30.9 Å². The molecular formula is C24H23N3OS2. The van der Waals surface area contributed by atoms with E-state index >= 15 is 0 Å². The molecule has 0 spiro atoms.